The highest BCUT2D eigenvalue weighted by atomic mass is 19.1. The van der Waals surface area contributed by atoms with E-state index in [1.807, 2.05) is 0 Å². The summed E-state index contributed by atoms with van der Waals surface area (Å²) in [6.07, 6.45) is 1.48. The van der Waals surface area contributed by atoms with Gasteiger partial charge in [0.05, 0.1) is 0 Å². The number of rotatable bonds is 1. The molecule has 2 heterocycles. The minimum atomic E-state index is -0.675. The standard InChI is InChI=1S/C13H11F2N3O/c14-8-4-7(5-9(15)6-8)12-17-10-2-1-3-16-13(19)11(10)18-12/h4-6H,1-3H2,(H,16,19)(H,17,18). The number of fused-ring (bicyclic) bond motifs is 1. The molecule has 1 aromatic heterocycles. The Morgan fingerprint density at radius 3 is 2.63 bits per heavy atom. The fourth-order valence-electron chi connectivity index (χ4n) is 2.16. The lowest BCUT2D eigenvalue weighted by Crippen LogP contribution is -2.23. The number of aromatic amines is 1. The molecule has 0 bridgehead atoms. The normalized spacial score (nSPS) is 14.7. The maximum absolute atomic E-state index is 13.2. The highest BCUT2D eigenvalue weighted by Gasteiger charge is 2.20. The Hall–Kier alpha value is -2.24. The van der Waals surface area contributed by atoms with Crippen molar-refractivity contribution in [3.05, 3.63) is 41.2 Å². The fraction of sp³-hybridized carbons (Fsp3) is 0.231. The molecule has 0 saturated heterocycles. The number of aromatic nitrogens is 2. The van der Waals surface area contributed by atoms with Crippen molar-refractivity contribution < 1.29 is 13.6 Å². The van der Waals surface area contributed by atoms with E-state index in [-0.39, 0.29) is 5.91 Å². The summed E-state index contributed by atoms with van der Waals surface area (Å²) in [5, 5.41) is 2.72. The number of hydrogen-bond donors (Lipinski definition) is 2. The molecule has 0 atom stereocenters. The van der Waals surface area contributed by atoms with Crippen LogP contribution in [0.4, 0.5) is 8.78 Å². The molecule has 0 saturated carbocycles. The molecule has 0 unspecified atom stereocenters. The summed E-state index contributed by atoms with van der Waals surface area (Å²) in [4.78, 5) is 18.9. The zero-order chi connectivity index (χ0) is 13.4. The SMILES string of the molecule is O=C1NCCCc2[nH]c(-c3cc(F)cc(F)c3)nc21. The molecule has 19 heavy (non-hydrogen) atoms. The van der Waals surface area contributed by atoms with Crippen LogP contribution in [0.5, 0.6) is 0 Å². The van der Waals surface area contributed by atoms with Crippen LogP contribution >= 0.6 is 0 Å². The molecular weight excluding hydrogens is 252 g/mol. The van der Waals surface area contributed by atoms with Crippen LogP contribution in [0.2, 0.25) is 0 Å². The van der Waals surface area contributed by atoms with Gasteiger partial charge in [0.2, 0.25) is 0 Å². The van der Waals surface area contributed by atoms with Gasteiger partial charge in [-0.15, -0.1) is 0 Å². The van der Waals surface area contributed by atoms with Crippen molar-refractivity contribution in [2.45, 2.75) is 12.8 Å². The number of nitrogens with one attached hydrogen (secondary N) is 2. The van der Waals surface area contributed by atoms with Gasteiger partial charge in [-0.05, 0) is 25.0 Å². The van der Waals surface area contributed by atoms with Crippen molar-refractivity contribution in [3.63, 3.8) is 0 Å². The number of halogens is 2. The number of aryl methyl sites for hydroxylation is 1. The number of H-pyrrole nitrogens is 1. The zero-order valence-electron chi connectivity index (χ0n) is 9.96. The van der Waals surface area contributed by atoms with Gasteiger partial charge in [-0.25, -0.2) is 13.8 Å². The van der Waals surface area contributed by atoms with Gasteiger partial charge >= 0.3 is 0 Å². The number of amides is 1. The first-order valence-electron chi connectivity index (χ1n) is 5.97. The number of hydrogen-bond acceptors (Lipinski definition) is 2. The maximum Gasteiger partial charge on any atom is 0.271 e. The lowest BCUT2D eigenvalue weighted by molar-refractivity contribution is 0.0951. The highest BCUT2D eigenvalue weighted by molar-refractivity contribution is 5.94. The minimum absolute atomic E-state index is 0.258. The molecule has 4 nitrogen and oxygen atoms in total. The number of imidazole rings is 1. The van der Waals surface area contributed by atoms with Gasteiger partial charge in [0.1, 0.15) is 23.2 Å². The summed E-state index contributed by atoms with van der Waals surface area (Å²) < 4.78 is 26.4. The zero-order valence-corrected chi connectivity index (χ0v) is 9.96. The summed E-state index contributed by atoms with van der Waals surface area (Å²) in [6, 6.07) is 3.16. The van der Waals surface area contributed by atoms with Crippen LogP contribution in [-0.2, 0) is 6.42 Å². The number of nitrogens with zero attached hydrogens (tertiary/aromatic N) is 1. The van der Waals surface area contributed by atoms with E-state index in [1.165, 1.54) is 12.1 Å². The van der Waals surface area contributed by atoms with E-state index in [2.05, 4.69) is 15.3 Å². The Bertz CT molecular complexity index is 631. The molecule has 1 aliphatic heterocycles. The first kappa shape index (κ1) is 11.8. The number of carbonyl (C=O) groups is 1. The summed E-state index contributed by atoms with van der Waals surface area (Å²) in [6.45, 7) is 0.604. The molecule has 0 spiro atoms. The van der Waals surface area contributed by atoms with Gasteiger partial charge < -0.3 is 10.3 Å². The van der Waals surface area contributed by atoms with Gasteiger partial charge in [-0.3, -0.25) is 4.79 Å². The Labute approximate surface area is 107 Å². The number of carbonyl (C=O) groups excluding carboxylic acids is 1. The third-order valence-electron chi connectivity index (χ3n) is 3.02. The van der Waals surface area contributed by atoms with Crippen LogP contribution in [-0.4, -0.2) is 22.4 Å². The maximum atomic E-state index is 13.2. The van der Waals surface area contributed by atoms with Crippen LogP contribution in [0.25, 0.3) is 11.4 Å². The summed E-state index contributed by atoms with van der Waals surface area (Å²) in [7, 11) is 0. The van der Waals surface area contributed by atoms with Gasteiger partial charge in [0.25, 0.3) is 5.91 Å². The monoisotopic (exact) mass is 263 g/mol. The van der Waals surface area contributed by atoms with Crippen molar-refractivity contribution in [3.8, 4) is 11.4 Å². The third-order valence-corrected chi connectivity index (χ3v) is 3.02. The predicted molar refractivity (Wildman–Crippen MR) is 64.6 cm³/mol. The lowest BCUT2D eigenvalue weighted by atomic mass is 10.2. The van der Waals surface area contributed by atoms with Gasteiger partial charge in [-0.2, -0.15) is 0 Å². The second kappa shape index (κ2) is 4.46. The molecule has 98 valence electrons. The number of benzene rings is 1. The van der Waals surface area contributed by atoms with Gasteiger partial charge in [0.15, 0.2) is 0 Å². The quantitative estimate of drug-likeness (QED) is 0.827. The molecule has 2 N–H and O–H groups in total. The second-order valence-corrected chi connectivity index (χ2v) is 4.43. The average Bonchev–Trinajstić information content (AvgIpc) is 2.70. The summed E-state index contributed by atoms with van der Waals surface area (Å²) >= 11 is 0. The Kier molecular flexibility index (Phi) is 2.77. The van der Waals surface area contributed by atoms with Crippen molar-refractivity contribution in [2.24, 2.45) is 0 Å². The van der Waals surface area contributed by atoms with Gasteiger partial charge in [0, 0.05) is 23.9 Å². The second-order valence-electron chi connectivity index (χ2n) is 4.43. The Morgan fingerprint density at radius 1 is 1.16 bits per heavy atom. The smallest absolute Gasteiger partial charge is 0.271 e. The molecule has 3 rings (SSSR count). The average molecular weight is 263 g/mol. The summed E-state index contributed by atoms with van der Waals surface area (Å²) in [5.74, 6) is -1.30. The van der Waals surface area contributed by atoms with E-state index >= 15 is 0 Å². The van der Waals surface area contributed by atoms with Crippen molar-refractivity contribution >= 4 is 5.91 Å². The largest absolute Gasteiger partial charge is 0.351 e. The Balaban J connectivity index is 2.07. The van der Waals surface area contributed by atoms with Crippen LogP contribution in [0, 0.1) is 11.6 Å². The van der Waals surface area contributed by atoms with Crippen LogP contribution in [0.3, 0.4) is 0 Å². The highest BCUT2D eigenvalue weighted by Crippen LogP contribution is 2.22. The van der Waals surface area contributed by atoms with E-state index in [9.17, 15) is 13.6 Å². The molecule has 0 fully saturated rings. The molecular formula is C13H11F2N3O. The molecule has 0 aliphatic carbocycles. The van der Waals surface area contributed by atoms with E-state index < -0.39 is 11.6 Å². The van der Waals surface area contributed by atoms with Crippen LogP contribution in [0.15, 0.2) is 18.2 Å². The molecule has 1 aromatic carbocycles. The van der Waals surface area contributed by atoms with Crippen LogP contribution in [0.1, 0.15) is 22.6 Å². The van der Waals surface area contributed by atoms with Crippen molar-refractivity contribution in [1.29, 1.82) is 0 Å². The Morgan fingerprint density at radius 2 is 1.89 bits per heavy atom. The minimum Gasteiger partial charge on any atom is -0.351 e. The van der Waals surface area contributed by atoms with Crippen molar-refractivity contribution in [1.82, 2.24) is 15.3 Å². The van der Waals surface area contributed by atoms with E-state index in [1.54, 1.807) is 0 Å². The molecule has 0 radical (unpaired) electrons. The van der Waals surface area contributed by atoms with E-state index in [0.29, 0.717) is 35.7 Å². The van der Waals surface area contributed by atoms with Crippen LogP contribution < -0.4 is 5.32 Å². The van der Waals surface area contributed by atoms with E-state index in [0.717, 1.165) is 12.5 Å². The predicted octanol–water partition coefficient (Wildman–Crippen LogP) is 2.03. The first-order chi connectivity index (χ1) is 9.13. The lowest BCUT2D eigenvalue weighted by Gasteiger charge is -1.99. The molecule has 1 amide bonds. The topological polar surface area (TPSA) is 57.8 Å². The van der Waals surface area contributed by atoms with E-state index in [4.69, 9.17) is 0 Å². The molecule has 1 aliphatic rings. The fourth-order valence-corrected chi connectivity index (χ4v) is 2.16. The van der Waals surface area contributed by atoms with Crippen molar-refractivity contribution in [2.75, 3.05) is 6.54 Å². The van der Waals surface area contributed by atoms with Gasteiger partial charge in [-0.1, -0.05) is 0 Å². The summed E-state index contributed by atoms with van der Waals surface area (Å²) in [5.41, 5.74) is 1.30. The molecule has 6 heteroatoms. The first-order valence-corrected chi connectivity index (χ1v) is 5.97. The third kappa shape index (κ3) is 2.21. The molecule has 2 aromatic rings.